The number of allylic oxidation sites excluding steroid dienone is 24. The van der Waals surface area contributed by atoms with Crippen LogP contribution in [0.15, 0.2) is 146 Å². The Hall–Kier alpha value is -4.22. The van der Waals surface area contributed by atoms with Crippen LogP contribution in [0.4, 0.5) is 0 Å². The second kappa shape index (κ2) is 54.1. The van der Waals surface area contributed by atoms with E-state index in [-0.39, 0.29) is 25.2 Å². The van der Waals surface area contributed by atoms with Crippen molar-refractivity contribution in [3.05, 3.63) is 146 Å². The number of unbranched alkanes of at least 4 members (excludes halogenated alkanes) is 13. The maximum absolute atomic E-state index is 12.3. The lowest BCUT2D eigenvalue weighted by molar-refractivity contribution is -0.161. The topological polar surface area (TPSA) is 72.8 Å². The number of carbonyl (C=O) groups excluding carboxylic acids is 2. The average Bonchev–Trinajstić information content (AvgIpc) is 3.31. The number of aliphatic hydroxyl groups excluding tert-OH is 1. The second-order valence-electron chi connectivity index (χ2n) is 16.5. The quantitative estimate of drug-likeness (QED) is 0.0375. The predicted molar refractivity (Wildman–Crippen MR) is 283 cm³/mol. The van der Waals surface area contributed by atoms with E-state index in [4.69, 9.17) is 9.47 Å². The Morgan fingerprint density at radius 2 is 0.662 bits per heavy atom. The Kier molecular flexibility index (Phi) is 50.6. The molecule has 0 spiro atoms. The molecule has 0 aromatic rings. The molecular formula is C60H94O5. The van der Waals surface area contributed by atoms with E-state index in [0.717, 1.165) is 135 Å². The highest BCUT2D eigenvalue weighted by atomic mass is 16.6. The molecule has 0 fully saturated rings. The fourth-order valence-electron chi connectivity index (χ4n) is 6.48. The van der Waals surface area contributed by atoms with Crippen molar-refractivity contribution in [1.29, 1.82) is 0 Å². The average molecular weight is 895 g/mol. The molecule has 65 heavy (non-hydrogen) atoms. The van der Waals surface area contributed by atoms with Crippen LogP contribution in [0.2, 0.25) is 0 Å². The van der Waals surface area contributed by atoms with E-state index < -0.39 is 6.10 Å². The summed E-state index contributed by atoms with van der Waals surface area (Å²) >= 11 is 0. The third-order valence-corrected chi connectivity index (χ3v) is 10.4. The van der Waals surface area contributed by atoms with Crippen molar-refractivity contribution < 1.29 is 24.2 Å². The predicted octanol–water partition coefficient (Wildman–Crippen LogP) is 17.5. The third kappa shape index (κ3) is 52.3. The summed E-state index contributed by atoms with van der Waals surface area (Å²) in [7, 11) is 0. The van der Waals surface area contributed by atoms with Gasteiger partial charge in [0.05, 0.1) is 6.61 Å². The zero-order valence-corrected chi connectivity index (χ0v) is 41.4. The first-order valence-electron chi connectivity index (χ1n) is 25.9. The van der Waals surface area contributed by atoms with E-state index in [0.29, 0.717) is 12.8 Å². The van der Waals surface area contributed by atoms with Gasteiger partial charge in [-0.05, 0) is 116 Å². The summed E-state index contributed by atoms with van der Waals surface area (Å²) in [6.07, 6.45) is 82.2. The van der Waals surface area contributed by atoms with Gasteiger partial charge in [-0.3, -0.25) is 9.59 Å². The third-order valence-electron chi connectivity index (χ3n) is 10.4. The molecule has 364 valence electrons. The molecule has 1 unspecified atom stereocenters. The van der Waals surface area contributed by atoms with Crippen molar-refractivity contribution >= 4 is 11.9 Å². The fraction of sp³-hybridized carbons (Fsp3) is 0.567. The molecule has 0 radical (unpaired) electrons. The number of esters is 2. The fourth-order valence-corrected chi connectivity index (χ4v) is 6.48. The second-order valence-corrected chi connectivity index (χ2v) is 16.5. The minimum Gasteiger partial charge on any atom is -0.462 e. The lowest BCUT2D eigenvalue weighted by Crippen LogP contribution is -2.28. The first kappa shape index (κ1) is 60.8. The highest BCUT2D eigenvalue weighted by Gasteiger charge is 2.16. The van der Waals surface area contributed by atoms with Crippen LogP contribution in [0.3, 0.4) is 0 Å². The highest BCUT2D eigenvalue weighted by Crippen LogP contribution is 2.12. The minimum atomic E-state index is -0.796. The molecule has 0 saturated carbocycles. The number of hydrogen-bond donors (Lipinski definition) is 1. The summed E-state index contributed by atoms with van der Waals surface area (Å²) in [6, 6.07) is 0. The van der Waals surface area contributed by atoms with Gasteiger partial charge in [0.15, 0.2) is 6.10 Å². The van der Waals surface area contributed by atoms with Gasteiger partial charge < -0.3 is 14.6 Å². The number of aliphatic hydroxyl groups is 1. The van der Waals surface area contributed by atoms with Crippen molar-refractivity contribution in [3.63, 3.8) is 0 Å². The summed E-state index contributed by atoms with van der Waals surface area (Å²) < 4.78 is 10.6. The molecule has 0 aromatic carbocycles. The maximum Gasteiger partial charge on any atom is 0.306 e. The Bertz CT molecular complexity index is 1430. The van der Waals surface area contributed by atoms with Crippen molar-refractivity contribution in [2.45, 2.75) is 206 Å². The van der Waals surface area contributed by atoms with Crippen molar-refractivity contribution in [2.24, 2.45) is 0 Å². The first-order valence-corrected chi connectivity index (χ1v) is 25.9. The van der Waals surface area contributed by atoms with Gasteiger partial charge in [0.25, 0.3) is 0 Å². The van der Waals surface area contributed by atoms with Gasteiger partial charge in [-0.2, -0.15) is 0 Å². The molecule has 0 heterocycles. The molecule has 0 rings (SSSR count). The van der Waals surface area contributed by atoms with Crippen LogP contribution in [0.1, 0.15) is 200 Å². The molecule has 0 bridgehead atoms. The van der Waals surface area contributed by atoms with Gasteiger partial charge in [-0.15, -0.1) is 0 Å². The Labute approximate surface area is 399 Å². The number of hydrogen-bond acceptors (Lipinski definition) is 5. The van der Waals surface area contributed by atoms with Crippen LogP contribution in [-0.4, -0.2) is 36.4 Å². The van der Waals surface area contributed by atoms with Crippen LogP contribution >= 0.6 is 0 Å². The van der Waals surface area contributed by atoms with Gasteiger partial charge in [-0.25, -0.2) is 0 Å². The van der Waals surface area contributed by atoms with Gasteiger partial charge in [0, 0.05) is 12.8 Å². The van der Waals surface area contributed by atoms with Gasteiger partial charge >= 0.3 is 11.9 Å². The molecule has 5 heteroatoms. The van der Waals surface area contributed by atoms with Crippen LogP contribution < -0.4 is 0 Å². The lowest BCUT2D eigenvalue weighted by Gasteiger charge is -2.15. The molecule has 0 aliphatic carbocycles. The Morgan fingerprint density at radius 3 is 1.00 bits per heavy atom. The maximum atomic E-state index is 12.3. The van der Waals surface area contributed by atoms with Crippen LogP contribution in [-0.2, 0) is 19.1 Å². The molecule has 0 saturated heterocycles. The summed E-state index contributed by atoms with van der Waals surface area (Å²) in [4.78, 5) is 24.4. The van der Waals surface area contributed by atoms with Crippen LogP contribution in [0.5, 0.6) is 0 Å². The number of ether oxygens (including phenoxy) is 2. The molecule has 0 aliphatic heterocycles. The minimum absolute atomic E-state index is 0.0883. The standard InChI is InChI=1S/C60H94O5/c1-3-5-7-9-11-13-15-17-19-20-21-22-23-24-25-26-27-28-29-30-31-32-33-34-35-36-37-38-39-40-41-43-45-47-49-51-53-55-60(63)65-58(56-61)57-64-59(62)54-52-50-48-46-44-42-18-16-14-12-10-8-6-4-2/h5,7,10-13,16-19,21-22,24-25,27-28,30-31,33-34,36-37,39-40,58,61H,3-4,6,8-9,14-15,20,23,26,29,32,35,38,41-57H2,1-2H3/b7-5-,12-10-,13-11-,18-16-,19-17-,22-21-,25-24-,28-27-,31-30-,34-33-,37-36-,40-39-. The summed E-state index contributed by atoms with van der Waals surface area (Å²) in [6.45, 7) is 3.94. The van der Waals surface area contributed by atoms with E-state index >= 15 is 0 Å². The van der Waals surface area contributed by atoms with E-state index in [1.165, 1.54) is 38.5 Å². The SMILES string of the molecule is CC/C=C\C/C=C\C/C=C\C/C=C\C/C=C\C/C=C\C/C=C\C/C=C\C/C=C\C/C=C\CCCCCCCCC(=O)OC(CO)COC(=O)CCCCCCC/C=C\C/C=C\CCCC. The smallest absolute Gasteiger partial charge is 0.306 e. The van der Waals surface area contributed by atoms with E-state index in [1.54, 1.807) is 0 Å². The Morgan fingerprint density at radius 1 is 0.369 bits per heavy atom. The van der Waals surface area contributed by atoms with Gasteiger partial charge in [0.2, 0.25) is 0 Å². The monoisotopic (exact) mass is 895 g/mol. The van der Waals surface area contributed by atoms with Crippen molar-refractivity contribution in [2.75, 3.05) is 13.2 Å². The molecule has 0 aliphatic rings. The van der Waals surface area contributed by atoms with Crippen LogP contribution in [0, 0.1) is 0 Å². The summed E-state index contributed by atoms with van der Waals surface area (Å²) in [5, 5.41) is 9.61. The summed E-state index contributed by atoms with van der Waals surface area (Å²) in [5.74, 6) is -0.636. The highest BCUT2D eigenvalue weighted by molar-refractivity contribution is 5.70. The van der Waals surface area contributed by atoms with E-state index in [2.05, 4.69) is 160 Å². The molecule has 0 aromatic heterocycles. The molecule has 5 nitrogen and oxygen atoms in total. The zero-order chi connectivity index (χ0) is 47.0. The normalized spacial score (nSPS) is 13.5. The van der Waals surface area contributed by atoms with Gasteiger partial charge in [-0.1, -0.05) is 217 Å². The van der Waals surface area contributed by atoms with Gasteiger partial charge in [0.1, 0.15) is 6.61 Å². The summed E-state index contributed by atoms with van der Waals surface area (Å²) in [5.41, 5.74) is 0. The van der Waals surface area contributed by atoms with Crippen molar-refractivity contribution in [3.8, 4) is 0 Å². The zero-order valence-electron chi connectivity index (χ0n) is 41.4. The Balaban J connectivity index is 3.66. The molecular weight excluding hydrogens is 801 g/mol. The lowest BCUT2D eigenvalue weighted by atomic mass is 10.1. The van der Waals surface area contributed by atoms with E-state index in [9.17, 15) is 14.7 Å². The molecule has 1 atom stereocenters. The molecule has 0 amide bonds. The van der Waals surface area contributed by atoms with Crippen LogP contribution in [0.25, 0.3) is 0 Å². The van der Waals surface area contributed by atoms with Crippen molar-refractivity contribution in [1.82, 2.24) is 0 Å². The number of carbonyl (C=O) groups is 2. The largest absolute Gasteiger partial charge is 0.462 e. The molecule has 1 N–H and O–H groups in total. The van der Waals surface area contributed by atoms with E-state index in [1.807, 2.05) is 0 Å². The first-order chi connectivity index (χ1) is 32.1. The number of rotatable bonds is 45.